The highest BCUT2D eigenvalue weighted by atomic mass is 16.5. The highest BCUT2D eigenvalue weighted by Crippen LogP contribution is 2.28. The predicted molar refractivity (Wildman–Crippen MR) is 125 cm³/mol. The molecule has 0 radical (unpaired) electrons. The molecule has 1 atom stereocenters. The lowest BCUT2D eigenvalue weighted by Gasteiger charge is -2.24. The van der Waals surface area contributed by atoms with E-state index in [2.05, 4.69) is 20.3 Å². The lowest BCUT2D eigenvalue weighted by molar-refractivity contribution is 0.0237. The molecular weight excluding hydrogens is 430 g/mol. The number of morpholine rings is 1. The molecule has 1 aliphatic heterocycles. The molecular formula is C25H21N7O2. The average molecular weight is 451 g/mol. The van der Waals surface area contributed by atoms with Crippen LogP contribution in [0.2, 0.25) is 0 Å². The minimum absolute atomic E-state index is 0.162. The zero-order chi connectivity index (χ0) is 22.7. The number of rotatable bonds is 5. The van der Waals surface area contributed by atoms with Crippen LogP contribution in [0.5, 0.6) is 11.8 Å². The summed E-state index contributed by atoms with van der Waals surface area (Å²) >= 11 is 0. The molecule has 5 aromatic rings. The third-order valence-corrected chi connectivity index (χ3v) is 5.54. The molecule has 34 heavy (non-hydrogen) atoms. The second-order valence-corrected chi connectivity index (χ2v) is 7.80. The largest absolute Gasteiger partial charge is 0.424 e. The van der Waals surface area contributed by atoms with Crippen LogP contribution in [0.1, 0.15) is 11.8 Å². The van der Waals surface area contributed by atoms with E-state index in [1.807, 2.05) is 65.2 Å². The van der Waals surface area contributed by atoms with Crippen LogP contribution in [0, 0.1) is 0 Å². The predicted octanol–water partition coefficient (Wildman–Crippen LogP) is 3.70. The van der Waals surface area contributed by atoms with Crippen molar-refractivity contribution < 1.29 is 9.47 Å². The average Bonchev–Trinajstić information content (AvgIpc) is 3.34. The third kappa shape index (κ3) is 4.09. The quantitative estimate of drug-likeness (QED) is 0.432. The van der Waals surface area contributed by atoms with Gasteiger partial charge in [-0.3, -0.25) is 4.98 Å². The van der Waals surface area contributed by atoms with E-state index in [4.69, 9.17) is 19.6 Å². The molecule has 5 heterocycles. The molecule has 0 saturated carbocycles. The first-order valence-corrected chi connectivity index (χ1v) is 11.0. The lowest BCUT2D eigenvalue weighted by Crippen LogP contribution is -2.34. The molecule has 4 aromatic heterocycles. The van der Waals surface area contributed by atoms with Gasteiger partial charge in [0.25, 0.3) is 0 Å². The zero-order valence-corrected chi connectivity index (χ0v) is 18.2. The normalized spacial score (nSPS) is 15.9. The number of hydrogen-bond donors (Lipinski definition) is 1. The highest BCUT2D eigenvalue weighted by Gasteiger charge is 2.22. The Balaban J connectivity index is 1.44. The Hall–Kier alpha value is -4.21. The molecule has 0 amide bonds. The van der Waals surface area contributed by atoms with Gasteiger partial charge in [-0.2, -0.15) is 10.1 Å². The van der Waals surface area contributed by atoms with Gasteiger partial charge in [-0.15, -0.1) is 0 Å². The van der Waals surface area contributed by atoms with Crippen LogP contribution < -0.4 is 10.1 Å². The van der Waals surface area contributed by atoms with Crippen molar-refractivity contribution in [2.75, 3.05) is 19.7 Å². The van der Waals surface area contributed by atoms with Gasteiger partial charge >= 0.3 is 6.01 Å². The number of nitrogens with one attached hydrogen (secondary N) is 1. The number of fused-ring (bicyclic) bond motifs is 1. The van der Waals surface area contributed by atoms with E-state index < -0.39 is 0 Å². The molecule has 1 aromatic carbocycles. The number of hydrogen-bond acceptors (Lipinski definition) is 8. The fourth-order valence-electron chi connectivity index (χ4n) is 3.90. The maximum atomic E-state index is 6.06. The van der Waals surface area contributed by atoms with Gasteiger partial charge in [-0.25, -0.2) is 14.5 Å². The van der Waals surface area contributed by atoms with Crippen molar-refractivity contribution in [1.82, 2.24) is 34.9 Å². The van der Waals surface area contributed by atoms with Gasteiger partial charge in [0.2, 0.25) is 0 Å². The Morgan fingerprint density at radius 2 is 1.79 bits per heavy atom. The number of benzene rings is 1. The van der Waals surface area contributed by atoms with Crippen molar-refractivity contribution in [2.45, 2.75) is 6.10 Å². The van der Waals surface area contributed by atoms with Crippen molar-refractivity contribution in [3.63, 3.8) is 0 Å². The van der Waals surface area contributed by atoms with E-state index in [1.54, 1.807) is 18.6 Å². The number of aromatic nitrogens is 6. The molecule has 0 spiro atoms. The molecule has 1 saturated heterocycles. The van der Waals surface area contributed by atoms with Crippen molar-refractivity contribution in [3.8, 4) is 34.4 Å². The smallest absolute Gasteiger partial charge is 0.322 e. The van der Waals surface area contributed by atoms with Gasteiger partial charge < -0.3 is 14.8 Å². The maximum Gasteiger partial charge on any atom is 0.322 e. The fraction of sp³-hybridized carbons (Fsp3) is 0.160. The summed E-state index contributed by atoms with van der Waals surface area (Å²) in [6.07, 6.45) is 5.01. The summed E-state index contributed by atoms with van der Waals surface area (Å²) in [4.78, 5) is 17.8. The Morgan fingerprint density at radius 1 is 0.912 bits per heavy atom. The summed E-state index contributed by atoms with van der Waals surface area (Å²) in [5, 5.41) is 8.22. The van der Waals surface area contributed by atoms with Crippen molar-refractivity contribution in [2.24, 2.45) is 0 Å². The molecule has 1 N–H and O–H groups in total. The first-order valence-electron chi connectivity index (χ1n) is 11.0. The zero-order valence-electron chi connectivity index (χ0n) is 18.2. The van der Waals surface area contributed by atoms with Gasteiger partial charge in [0.1, 0.15) is 11.9 Å². The van der Waals surface area contributed by atoms with Crippen LogP contribution in [0.3, 0.4) is 0 Å². The summed E-state index contributed by atoms with van der Waals surface area (Å²) in [6.45, 7) is 2.14. The first-order chi connectivity index (χ1) is 16.8. The second-order valence-electron chi connectivity index (χ2n) is 7.80. The summed E-state index contributed by atoms with van der Waals surface area (Å²) in [7, 11) is 0. The Kier molecular flexibility index (Phi) is 5.38. The standard InChI is InChI=1S/C25H21N7O2/c1-2-4-18(5-3-1)34-25-28-11-8-19(30-25)21-14-22(23-16-27-12-13-33-23)32-24(29-21)15-20(31-32)17-6-9-26-10-7-17/h1-11,14-15,23,27H,12-13,16H2. The number of pyridine rings is 1. The summed E-state index contributed by atoms with van der Waals surface area (Å²) < 4.78 is 13.7. The molecule has 1 fully saturated rings. The highest BCUT2D eigenvalue weighted by molar-refractivity contribution is 5.66. The number of para-hydroxylation sites is 1. The monoisotopic (exact) mass is 451 g/mol. The van der Waals surface area contributed by atoms with E-state index in [0.29, 0.717) is 35.9 Å². The van der Waals surface area contributed by atoms with Crippen molar-refractivity contribution in [1.29, 1.82) is 0 Å². The Bertz CT molecular complexity index is 1420. The van der Waals surface area contributed by atoms with Gasteiger partial charge in [-0.05, 0) is 36.4 Å². The number of ether oxygens (including phenoxy) is 2. The molecule has 1 aliphatic rings. The van der Waals surface area contributed by atoms with E-state index in [-0.39, 0.29) is 12.1 Å². The molecule has 9 nitrogen and oxygen atoms in total. The summed E-state index contributed by atoms with van der Waals surface area (Å²) in [5.74, 6) is 0.670. The van der Waals surface area contributed by atoms with Crippen LogP contribution >= 0.6 is 0 Å². The van der Waals surface area contributed by atoms with Crippen LogP contribution in [0.25, 0.3) is 28.3 Å². The van der Waals surface area contributed by atoms with Gasteiger partial charge in [0.15, 0.2) is 5.65 Å². The summed E-state index contributed by atoms with van der Waals surface area (Å²) in [6, 6.07) is 19.3. The van der Waals surface area contributed by atoms with E-state index >= 15 is 0 Å². The lowest BCUT2D eigenvalue weighted by atomic mass is 10.1. The third-order valence-electron chi connectivity index (χ3n) is 5.54. The topological polar surface area (TPSA) is 99.3 Å². The Labute approximate surface area is 195 Å². The van der Waals surface area contributed by atoms with Crippen molar-refractivity contribution >= 4 is 5.65 Å². The fourth-order valence-corrected chi connectivity index (χ4v) is 3.90. The van der Waals surface area contributed by atoms with Gasteiger partial charge in [0.05, 0.1) is 29.4 Å². The van der Waals surface area contributed by atoms with Crippen LogP contribution in [-0.2, 0) is 4.74 Å². The van der Waals surface area contributed by atoms with Gasteiger partial charge in [0, 0.05) is 43.3 Å². The van der Waals surface area contributed by atoms with E-state index in [9.17, 15) is 0 Å². The SMILES string of the molecule is c1ccc(Oc2nccc(-c3cc(C4CNCCO4)n4nc(-c5ccncc5)cc4n3)n2)cc1. The van der Waals surface area contributed by atoms with E-state index in [0.717, 1.165) is 23.5 Å². The molecule has 6 rings (SSSR count). The molecule has 0 aliphatic carbocycles. The van der Waals surface area contributed by atoms with Crippen molar-refractivity contribution in [3.05, 3.63) is 84.9 Å². The minimum Gasteiger partial charge on any atom is -0.424 e. The number of nitrogens with zero attached hydrogens (tertiary/aromatic N) is 6. The van der Waals surface area contributed by atoms with Crippen LogP contribution in [0.15, 0.2) is 79.3 Å². The molecule has 9 heteroatoms. The second kappa shape index (κ2) is 8.97. The molecule has 1 unspecified atom stereocenters. The maximum absolute atomic E-state index is 6.06. The van der Waals surface area contributed by atoms with Crippen LogP contribution in [-0.4, -0.2) is 49.2 Å². The molecule has 0 bridgehead atoms. The van der Waals surface area contributed by atoms with Gasteiger partial charge in [-0.1, -0.05) is 18.2 Å². The molecule has 168 valence electrons. The Morgan fingerprint density at radius 3 is 2.62 bits per heavy atom. The first kappa shape index (κ1) is 20.4. The minimum atomic E-state index is -0.162. The van der Waals surface area contributed by atoms with Crippen LogP contribution in [0.4, 0.5) is 0 Å². The summed E-state index contributed by atoms with van der Waals surface area (Å²) in [5.41, 5.74) is 4.73. The van der Waals surface area contributed by atoms with E-state index in [1.165, 1.54) is 0 Å².